The first-order valence-electron chi connectivity index (χ1n) is 8.47. The molecule has 2 bridgehead atoms. The summed E-state index contributed by atoms with van der Waals surface area (Å²) in [5.74, 6) is 1.82. The quantitative estimate of drug-likeness (QED) is 0.701. The monoisotopic (exact) mass is 327 g/mol. The van der Waals surface area contributed by atoms with Crippen molar-refractivity contribution in [2.75, 3.05) is 19.6 Å². The van der Waals surface area contributed by atoms with E-state index in [0.29, 0.717) is 6.10 Å². The highest BCUT2D eigenvalue weighted by Crippen LogP contribution is 2.39. The van der Waals surface area contributed by atoms with Crippen LogP contribution in [0.2, 0.25) is 0 Å². The van der Waals surface area contributed by atoms with Crippen LogP contribution in [0.25, 0.3) is 11.1 Å². The lowest BCUT2D eigenvalue weighted by molar-refractivity contribution is -0.00777. The summed E-state index contributed by atoms with van der Waals surface area (Å²) < 4.78 is 6.37. The highest BCUT2D eigenvalue weighted by atomic mass is 35.5. The van der Waals surface area contributed by atoms with E-state index >= 15 is 0 Å². The maximum absolute atomic E-state index is 6.37. The van der Waals surface area contributed by atoms with Gasteiger partial charge in [-0.2, -0.15) is 0 Å². The second-order valence-corrected chi connectivity index (χ2v) is 6.95. The van der Waals surface area contributed by atoms with Crippen LogP contribution in [0.15, 0.2) is 42.5 Å². The zero-order valence-corrected chi connectivity index (χ0v) is 14.0. The minimum absolute atomic E-state index is 0. The number of fused-ring (bicyclic) bond motifs is 6. The van der Waals surface area contributed by atoms with Gasteiger partial charge < -0.3 is 4.74 Å². The van der Waals surface area contributed by atoms with E-state index in [4.69, 9.17) is 4.74 Å². The molecule has 23 heavy (non-hydrogen) atoms. The van der Waals surface area contributed by atoms with Crippen molar-refractivity contribution in [3.8, 4) is 16.9 Å². The van der Waals surface area contributed by atoms with Crippen molar-refractivity contribution in [3.05, 3.63) is 53.6 Å². The Morgan fingerprint density at radius 3 is 2.48 bits per heavy atom. The van der Waals surface area contributed by atoms with Crippen molar-refractivity contribution in [1.82, 2.24) is 4.90 Å². The van der Waals surface area contributed by atoms with Crippen molar-refractivity contribution < 1.29 is 4.74 Å². The molecule has 1 atom stereocenters. The van der Waals surface area contributed by atoms with Crippen LogP contribution in [0, 0.1) is 5.92 Å². The van der Waals surface area contributed by atoms with Gasteiger partial charge in [0.15, 0.2) is 0 Å². The number of halogens is 1. The molecule has 1 aliphatic carbocycles. The zero-order chi connectivity index (χ0) is 14.5. The van der Waals surface area contributed by atoms with Gasteiger partial charge in [0.1, 0.15) is 11.9 Å². The molecule has 120 valence electrons. The molecule has 3 heterocycles. The van der Waals surface area contributed by atoms with Crippen LogP contribution in [0.4, 0.5) is 0 Å². The molecule has 0 aromatic heterocycles. The molecule has 2 nitrogen and oxygen atoms in total. The van der Waals surface area contributed by atoms with Crippen molar-refractivity contribution in [3.63, 3.8) is 0 Å². The number of hydrogen-bond acceptors (Lipinski definition) is 2. The molecular weight excluding hydrogens is 306 g/mol. The number of hydrogen-bond donors (Lipinski definition) is 0. The summed E-state index contributed by atoms with van der Waals surface area (Å²) in [4.78, 5) is 2.55. The van der Waals surface area contributed by atoms with Crippen LogP contribution in [0.5, 0.6) is 5.75 Å². The van der Waals surface area contributed by atoms with E-state index in [1.807, 2.05) is 0 Å². The summed E-state index contributed by atoms with van der Waals surface area (Å²) in [6.45, 7) is 3.65. The normalized spacial score (nSPS) is 27.0. The molecule has 2 aromatic rings. The van der Waals surface area contributed by atoms with Gasteiger partial charge >= 0.3 is 0 Å². The third-order valence-electron chi connectivity index (χ3n) is 5.65. The Bertz CT molecular complexity index is 721. The Hall–Kier alpha value is -1.51. The number of benzene rings is 2. The summed E-state index contributed by atoms with van der Waals surface area (Å²) in [5.41, 5.74) is 5.64. The molecule has 6 rings (SSSR count). The molecule has 0 N–H and O–H groups in total. The predicted octanol–water partition coefficient (Wildman–Crippen LogP) is 4.15. The fraction of sp³-hybridized carbons (Fsp3) is 0.400. The van der Waals surface area contributed by atoms with Crippen molar-refractivity contribution in [2.24, 2.45) is 5.92 Å². The second kappa shape index (κ2) is 5.85. The highest BCUT2D eigenvalue weighted by molar-refractivity contribution is 5.85. The van der Waals surface area contributed by atoms with E-state index in [1.54, 1.807) is 0 Å². The lowest BCUT2D eigenvalue weighted by Crippen LogP contribution is -2.52. The molecule has 1 unspecified atom stereocenters. The SMILES string of the molecule is Cl.c1ccc2c(c1)Cc1cc(OC3CN4CCC3CC4)ccc1-2. The van der Waals surface area contributed by atoms with Gasteiger partial charge in [-0.05, 0) is 72.7 Å². The first-order chi connectivity index (χ1) is 10.9. The summed E-state index contributed by atoms with van der Waals surface area (Å²) in [6.07, 6.45) is 4.05. The summed E-state index contributed by atoms with van der Waals surface area (Å²) in [7, 11) is 0. The fourth-order valence-electron chi connectivity index (χ4n) is 4.41. The molecular formula is C20H22ClNO. The van der Waals surface area contributed by atoms with Crippen molar-refractivity contribution in [2.45, 2.75) is 25.4 Å². The lowest BCUT2D eigenvalue weighted by Gasteiger charge is -2.44. The van der Waals surface area contributed by atoms with Gasteiger partial charge in [-0.1, -0.05) is 30.3 Å². The summed E-state index contributed by atoms with van der Waals surface area (Å²) in [5, 5.41) is 0. The number of nitrogens with zero attached hydrogens (tertiary/aromatic N) is 1. The predicted molar refractivity (Wildman–Crippen MR) is 95.5 cm³/mol. The van der Waals surface area contributed by atoms with E-state index < -0.39 is 0 Å². The van der Waals surface area contributed by atoms with E-state index in [9.17, 15) is 0 Å². The molecule has 3 fully saturated rings. The lowest BCUT2D eigenvalue weighted by atomic mass is 9.86. The first kappa shape index (κ1) is 15.0. The van der Waals surface area contributed by atoms with Crippen molar-refractivity contribution >= 4 is 12.4 Å². The van der Waals surface area contributed by atoms with Gasteiger partial charge in [0, 0.05) is 6.54 Å². The topological polar surface area (TPSA) is 12.5 Å². The second-order valence-electron chi connectivity index (χ2n) is 6.95. The molecule has 0 spiro atoms. The van der Waals surface area contributed by atoms with Gasteiger partial charge in [-0.25, -0.2) is 0 Å². The van der Waals surface area contributed by atoms with Gasteiger partial charge in [-0.3, -0.25) is 4.90 Å². The molecule has 0 saturated carbocycles. The smallest absolute Gasteiger partial charge is 0.120 e. The molecule has 3 aliphatic heterocycles. The Morgan fingerprint density at radius 2 is 1.70 bits per heavy atom. The van der Waals surface area contributed by atoms with Crippen LogP contribution < -0.4 is 4.74 Å². The fourth-order valence-corrected chi connectivity index (χ4v) is 4.41. The standard InChI is InChI=1S/C20H21NO.ClH/c1-2-4-18-15(3-1)11-16-12-17(5-6-19(16)18)22-20-13-21-9-7-14(20)8-10-21;/h1-6,12,14,20H,7-11,13H2;1H. The van der Waals surface area contributed by atoms with Crippen molar-refractivity contribution in [1.29, 1.82) is 0 Å². The van der Waals surface area contributed by atoms with Crippen LogP contribution in [0.1, 0.15) is 24.0 Å². The molecule has 0 radical (unpaired) electrons. The Balaban J connectivity index is 0.00000135. The summed E-state index contributed by atoms with van der Waals surface area (Å²) >= 11 is 0. The van der Waals surface area contributed by atoms with Gasteiger partial charge in [0.2, 0.25) is 0 Å². The molecule has 3 saturated heterocycles. The van der Waals surface area contributed by atoms with Gasteiger partial charge in [0.25, 0.3) is 0 Å². The van der Waals surface area contributed by atoms with Crippen LogP contribution >= 0.6 is 12.4 Å². The van der Waals surface area contributed by atoms with Gasteiger partial charge in [-0.15, -0.1) is 12.4 Å². The molecule has 2 aromatic carbocycles. The maximum atomic E-state index is 6.37. The van der Waals surface area contributed by atoms with Crippen LogP contribution in [-0.2, 0) is 6.42 Å². The molecule has 4 aliphatic rings. The minimum atomic E-state index is 0. The Labute approximate surface area is 143 Å². The number of ether oxygens (including phenoxy) is 1. The summed E-state index contributed by atoms with van der Waals surface area (Å²) in [6, 6.07) is 15.4. The first-order valence-corrected chi connectivity index (χ1v) is 8.47. The molecule has 3 heteroatoms. The number of rotatable bonds is 2. The third kappa shape index (κ3) is 2.54. The van der Waals surface area contributed by atoms with E-state index in [2.05, 4.69) is 47.4 Å². The van der Waals surface area contributed by atoms with E-state index in [-0.39, 0.29) is 12.4 Å². The van der Waals surface area contributed by atoms with E-state index in [1.165, 1.54) is 48.2 Å². The Morgan fingerprint density at radius 1 is 0.913 bits per heavy atom. The zero-order valence-electron chi connectivity index (χ0n) is 13.2. The average Bonchev–Trinajstić information content (AvgIpc) is 2.93. The molecule has 0 amide bonds. The van der Waals surface area contributed by atoms with E-state index in [0.717, 1.165) is 24.6 Å². The Kier molecular flexibility index (Phi) is 3.82. The van der Waals surface area contributed by atoms with Crippen LogP contribution in [0.3, 0.4) is 0 Å². The van der Waals surface area contributed by atoms with Gasteiger partial charge in [0.05, 0.1) is 0 Å². The van der Waals surface area contributed by atoms with Crippen LogP contribution in [-0.4, -0.2) is 30.6 Å². The number of piperidine rings is 3. The largest absolute Gasteiger partial charge is 0.489 e. The minimum Gasteiger partial charge on any atom is -0.489 e. The average molecular weight is 328 g/mol. The highest BCUT2D eigenvalue weighted by Gasteiger charge is 2.35. The maximum Gasteiger partial charge on any atom is 0.120 e. The third-order valence-corrected chi connectivity index (χ3v) is 5.65.